The first-order valence-corrected chi connectivity index (χ1v) is 9.64. The number of halogens is 3. The van der Waals surface area contributed by atoms with Crippen LogP contribution in [0, 0.1) is 28.1 Å². The van der Waals surface area contributed by atoms with Crippen molar-refractivity contribution >= 4 is 17.8 Å². The third-order valence-corrected chi connectivity index (χ3v) is 7.44. The molecule has 2 fully saturated rings. The van der Waals surface area contributed by atoms with Gasteiger partial charge in [0, 0.05) is 12.0 Å². The molecule has 6 nitrogen and oxygen atoms in total. The van der Waals surface area contributed by atoms with Crippen LogP contribution in [0.25, 0.3) is 0 Å². The van der Waals surface area contributed by atoms with Crippen molar-refractivity contribution in [3.05, 3.63) is 12.2 Å². The number of fused-ring (bicyclic) bond motifs is 5. The molecule has 0 aromatic rings. The molecule has 6 atom stereocenters. The maximum absolute atomic E-state index is 13.4. The molecule has 2 aliphatic carbocycles. The molecule has 0 aromatic carbocycles. The van der Waals surface area contributed by atoms with Gasteiger partial charge in [0.05, 0.1) is 0 Å². The predicted octanol–water partition coefficient (Wildman–Crippen LogP) is 2.59. The molecule has 0 spiro atoms. The number of alkyl halides is 3. The van der Waals surface area contributed by atoms with Crippen LogP contribution in [0.4, 0.5) is 13.2 Å². The Bertz CT molecular complexity index is 788. The Balaban J connectivity index is 1.99. The van der Waals surface area contributed by atoms with Crippen molar-refractivity contribution in [1.29, 1.82) is 0 Å². The fourth-order valence-corrected chi connectivity index (χ4v) is 5.63. The van der Waals surface area contributed by atoms with E-state index >= 15 is 0 Å². The summed E-state index contributed by atoms with van der Waals surface area (Å²) in [5.74, 6) is -4.10. The van der Waals surface area contributed by atoms with Gasteiger partial charge in [-0.3, -0.25) is 9.59 Å². The molecule has 0 radical (unpaired) electrons. The number of rotatable bonds is 3. The topological polar surface area (TPSA) is 86.7 Å². The van der Waals surface area contributed by atoms with Crippen LogP contribution >= 0.6 is 0 Å². The standard InChI is InChI=1S/C20H27F3N2O4/c1-17(2,3)12(24-16(29)20(21,22)23)14(26)25-9-18(4)10-6-7-11(8-10)19(18,5)13(25)15(27)28/h6-7,10-13H,8-9H2,1-5H3,(H,24,29)(H,27,28)/t10-,11+,12?,13-,18-,19-/m1/s1. The monoisotopic (exact) mass is 416 g/mol. The smallest absolute Gasteiger partial charge is 0.471 e. The van der Waals surface area contributed by atoms with Crippen molar-refractivity contribution in [3.8, 4) is 0 Å². The highest BCUT2D eigenvalue weighted by Crippen LogP contribution is 2.69. The Morgan fingerprint density at radius 2 is 1.69 bits per heavy atom. The number of likely N-dealkylation sites (tertiary alicyclic amines) is 1. The maximum Gasteiger partial charge on any atom is 0.471 e. The number of hydrogen-bond donors (Lipinski definition) is 2. The van der Waals surface area contributed by atoms with Gasteiger partial charge in [0.15, 0.2) is 0 Å². The average Bonchev–Trinajstić information content (AvgIpc) is 3.18. The van der Waals surface area contributed by atoms with E-state index in [2.05, 4.69) is 0 Å². The number of allylic oxidation sites excluding steroid dienone is 2. The number of carbonyl (C=O) groups excluding carboxylic acids is 2. The summed E-state index contributed by atoms with van der Waals surface area (Å²) < 4.78 is 38.5. The molecular formula is C20H27F3N2O4. The second-order valence-corrected chi connectivity index (χ2v) is 10.0. The van der Waals surface area contributed by atoms with E-state index in [1.165, 1.54) is 25.7 Å². The van der Waals surface area contributed by atoms with Crippen LogP contribution in [0.2, 0.25) is 0 Å². The SMILES string of the molecule is CC(C)(C)C(NC(=O)C(F)(F)F)C(=O)N1C[C@]2(C)[C@@H]3C=C[C@@H](C3)[C@]2(C)[C@H]1C(=O)O. The minimum Gasteiger partial charge on any atom is -0.480 e. The van der Waals surface area contributed by atoms with E-state index in [0.717, 1.165) is 6.42 Å². The van der Waals surface area contributed by atoms with Crippen LogP contribution < -0.4 is 5.32 Å². The van der Waals surface area contributed by atoms with Crippen LogP contribution in [0.1, 0.15) is 41.0 Å². The lowest BCUT2D eigenvalue weighted by atomic mass is 9.59. The van der Waals surface area contributed by atoms with Crippen molar-refractivity contribution in [2.24, 2.45) is 28.1 Å². The van der Waals surface area contributed by atoms with Gasteiger partial charge in [0.25, 0.3) is 0 Å². The van der Waals surface area contributed by atoms with E-state index in [0.29, 0.717) is 0 Å². The average molecular weight is 416 g/mol. The summed E-state index contributed by atoms with van der Waals surface area (Å²) in [5, 5.41) is 11.8. The molecule has 3 aliphatic rings. The van der Waals surface area contributed by atoms with Gasteiger partial charge in [-0.05, 0) is 29.1 Å². The highest BCUT2D eigenvalue weighted by molar-refractivity contribution is 5.93. The molecule has 1 unspecified atom stereocenters. The van der Waals surface area contributed by atoms with Crippen molar-refractivity contribution < 1.29 is 32.7 Å². The first kappa shape index (κ1) is 21.6. The normalized spacial score (nSPS) is 36.8. The molecule has 162 valence electrons. The summed E-state index contributed by atoms with van der Waals surface area (Å²) in [6.45, 7) is 8.53. The molecular weight excluding hydrogens is 389 g/mol. The summed E-state index contributed by atoms with van der Waals surface area (Å²) >= 11 is 0. The lowest BCUT2D eigenvalue weighted by Crippen LogP contribution is -2.60. The molecule has 1 saturated heterocycles. The Morgan fingerprint density at radius 1 is 1.14 bits per heavy atom. The second-order valence-electron chi connectivity index (χ2n) is 10.0. The summed E-state index contributed by atoms with van der Waals surface area (Å²) in [5.41, 5.74) is -2.27. The van der Waals surface area contributed by atoms with Crippen molar-refractivity contribution in [1.82, 2.24) is 10.2 Å². The minimum absolute atomic E-state index is 0.0192. The Morgan fingerprint density at radius 3 is 2.17 bits per heavy atom. The zero-order chi connectivity index (χ0) is 22.2. The number of carbonyl (C=O) groups is 3. The summed E-state index contributed by atoms with van der Waals surface area (Å²) in [6.07, 6.45) is -0.292. The zero-order valence-electron chi connectivity index (χ0n) is 17.1. The van der Waals surface area contributed by atoms with Crippen molar-refractivity contribution in [3.63, 3.8) is 0 Å². The van der Waals surface area contributed by atoms with Crippen LogP contribution in [0.3, 0.4) is 0 Å². The molecule has 2 bridgehead atoms. The van der Waals surface area contributed by atoms with E-state index in [-0.39, 0.29) is 18.4 Å². The Labute approximate surface area is 167 Å². The summed E-state index contributed by atoms with van der Waals surface area (Å²) in [7, 11) is 0. The van der Waals surface area contributed by atoms with Crippen molar-refractivity contribution in [2.75, 3.05) is 6.54 Å². The van der Waals surface area contributed by atoms with Gasteiger partial charge in [-0.2, -0.15) is 13.2 Å². The third kappa shape index (κ3) is 2.95. The fourth-order valence-electron chi connectivity index (χ4n) is 5.63. The number of nitrogens with one attached hydrogen (secondary N) is 1. The van der Waals surface area contributed by atoms with Gasteiger partial charge in [0.2, 0.25) is 5.91 Å². The van der Waals surface area contributed by atoms with Gasteiger partial charge in [0.1, 0.15) is 12.1 Å². The number of carboxylic acids is 1. The second kappa shape index (κ2) is 6.22. The fraction of sp³-hybridized carbons (Fsp3) is 0.750. The van der Waals surface area contributed by atoms with Crippen LogP contribution in [0.5, 0.6) is 0 Å². The lowest BCUT2D eigenvalue weighted by molar-refractivity contribution is -0.176. The van der Waals surface area contributed by atoms with E-state index < -0.39 is 52.3 Å². The molecule has 1 aliphatic heterocycles. The van der Waals surface area contributed by atoms with Crippen LogP contribution in [-0.2, 0) is 14.4 Å². The third-order valence-electron chi connectivity index (χ3n) is 7.44. The number of amides is 2. The molecule has 1 heterocycles. The van der Waals surface area contributed by atoms with Gasteiger partial charge < -0.3 is 15.3 Å². The molecule has 29 heavy (non-hydrogen) atoms. The zero-order valence-corrected chi connectivity index (χ0v) is 17.1. The quantitative estimate of drug-likeness (QED) is 0.693. The van der Waals surface area contributed by atoms with E-state index in [1.807, 2.05) is 26.0 Å². The number of carboxylic acid groups (broad SMARTS) is 1. The number of nitrogens with zero attached hydrogens (tertiary/aromatic N) is 1. The highest BCUT2D eigenvalue weighted by Gasteiger charge is 2.72. The molecule has 2 N–H and O–H groups in total. The van der Waals surface area contributed by atoms with Gasteiger partial charge in [-0.15, -0.1) is 0 Å². The first-order valence-electron chi connectivity index (χ1n) is 9.64. The first-order chi connectivity index (χ1) is 13.0. The number of aliphatic carboxylic acids is 1. The number of hydrogen-bond acceptors (Lipinski definition) is 3. The van der Waals surface area contributed by atoms with Crippen LogP contribution in [0.15, 0.2) is 12.2 Å². The molecule has 2 amide bonds. The summed E-state index contributed by atoms with van der Waals surface area (Å²) in [4.78, 5) is 38.4. The molecule has 0 aromatic heterocycles. The van der Waals surface area contributed by atoms with E-state index in [9.17, 15) is 32.7 Å². The lowest BCUT2D eigenvalue weighted by Gasteiger charge is -2.43. The summed E-state index contributed by atoms with van der Waals surface area (Å²) in [6, 6.07) is -2.68. The Kier molecular flexibility index (Phi) is 4.64. The van der Waals surface area contributed by atoms with Gasteiger partial charge in [-0.25, -0.2) is 4.79 Å². The highest BCUT2D eigenvalue weighted by atomic mass is 19.4. The van der Waals surface area contributed by atoms with E-state index in [1.54, 1.807) is 5.32 Å². The van der Waals surface area contributed by atoms with E-state index in [4.69, 9.17) is 0 Å². The predicted molar refractivity (Wildman–Crippen MR) is 97.5 cm³/mol. The van der Waals surface area contributed by atoms with Crippen LogP contribution in [-0.4, -0.2) is 52.6 Å². The largest absolute Gasteiger partial charge is 0.480 e. The van der Waals surface area contributed by atoms with Gasteiger partial charge in [-0.1, -0.05) is 46.8 Å². The van der Waals surface area contributed by atoms with Crippen molar-refractivity contribution in [2.45, 2.75) is 59.3 Å². The molecule has 9 heteroatoms. The molecule has 3 rings (SSSR count). The van der Waals surface area contributed by atoms with Gasteiger partial charge >= 0.3 is 18.1 Å². The molecule has 1 saturated carbocycles. The Hall–Kier alpha value is -2.06. The maximum atomic E-state index is 13.4. The minimum atomic E-state index is -5.14.